The summed E-state index contributed by atoms with van der Waals surface area (Å²) in [7, 11) is 5.56. The van der Waals surface area contributed by atoms with Gasteiger partial charge in [0.05, 0.1) is 18.7 Å². The highest BCUT2D eigenvalue weighted by Gasteiger charge is 2.20. The molecule has 0 aliphatic carbocycles. The number of hydrogen-bond donors (Lipinski definition) is 1. The van der Waals surface area contributed by atoms with Crippen LogP contribution < -0.4 is 14.8 Å². The Morgan fingerprint density at radius 1 is 0.968 bits per heavy atom. The number of likely N-dealkylation sites (N-methyl/N-ethyl adjacent to an activating group) is 1. The Morgan fingerprint density at radius 2 is 1.61 bits per heavy atom. The van der Waals surface area contributed by atoms with E-state index in [2.05, 4.69) is 5.32 Å². The van der Waals surface area contributed by atoms with E-state index in [1.807, 2.05) is 49.3 Å². The Balaban J connectivity index is 1.70. The zero-order valence-corrected chi connectivity index (χ0v) is 18.0. The number of halogens is 1. The number of nitrogens with zero attached hydrogens (tertiary/aromatic N) is 1. The lowest BCUT2D eigenvalue weighted by Crippen LogP contribution is -2.35. The van der Waals surface area contributed by atoms with Crippen molar-refractivity contribution < 1.29 is 18.7 Å². The van der Waals surface area contributed by atoms with Crippen LogP contribution in [0.25, 0.3) is 0 Å². The Hall–Kier alpha value is -3.38. The number of ether oxygens (including phenoxy) is 2. The summed E-state index contributed by atoms with van der Waals surface area (Å²) in [5, 5.41) is 3.01. The first-order chi connectivity index (χ1) is 15.0. The molecule has 0 saturated carbocycles. The molecule has 1 atom stereocenters. The van der Waals surface area contributed by atoms with Gasteiger partial charge in [0.15, 0.2) is 0 Å². The van der Waals surface area contributed by atoms with Crippen LogP contribution in [0.3, 0.4) is 0 Å². The second-order valence-corrected chi connectivity index (χ2v) is 7.34. The molecule has 0 spiro atoms. The zero-order valence-electron chi connectivity index (χ0n) is 18.0. The number of rotatable bonds is 9. The maximum Gasteiger partial charge on any atom is 0.255 e. The summed E-state index contributed by atoms with van der Waals surface area (Å²) in [4.78, 5) is 15.0. The number of methoxy groups -OCH3 is 1. The van der Waals surface area contributed by atoms with Gasteiger partial charge in [0.1, 0.15) is 23.9 Å². The van der Waals surface area contributed by atoms with Crippen molar-refractivity contribution in [3.05, 3.63) is 95.3 Å². The largest absolute Gasteiger partial charge is 0.496 e. The molecule has 31 heavy (non-hydrogen) atoms. The fourth-order valence-corrected chi connectivity index (χ4v) is 3.32. The van der Waals surface area contributed by atoms with Gasteiger partial charge in [0.2, 0.25) is 0 Å². The maximum atomic E-state index is 13.1. The van der Waals surface area contributed by atoms with Crippen molar-refractivity contribution in [2.24, 2.45) is 0 Å². The van der Waals surface area contributed by atoms with Crippen LogP contribution in [-0.2, 0) is 6.61 Å². The number of carbonyl (C=O) groups excluding carboxylic acids is 1. The number of benzene rings is 3. The molecule has 162 valence electrons. The molecule has 0 aromatic heterocycles. The SMILES string of the molecule is COc1ccccc1[C@@H](CNC(=O)c1ccccc1OCc1ccc(F)cc1)N(C)C. The lowest BCUT2D eigenvalue weighted by atomic mass is 10.0. The summed E-state index contributed by atoms with van der Waals surface area (Å²) < 4.78 is 24.4. The first-order valence-electron chi connectivity index (χ1n) is 10.0. The summed E-state index contributed by atoms with van der Waals surface area (Å²) in [6, 6.07) is 20.9. The first kappa shape index (κ1) is 22.3. The summed E-state index contributed by atoms with van der Waals surface area (Å²) >= 11 is 0. The number of nitrogens with one attached hydrogen (secondary N) is 1. The molecule has 1 amide bonds. The van der Waals surface area contributed by atoms with Crippen LogP contribution in [0.4, 0.5) is 4.39 Å². The summed E-state index contributed by atoms with van der Waals surface area (Å²) in [5.41, 5.74) is 2.26. The molecule has 0 aliphatic rings. The minimum absolute atomic E-state index is 0.0626. The number of para-hydroxylation sites is 2. The number of amides is 1. The van der Waals surface area contributed by atoms with E-state index in [0.717, 1.165) is 16.9 Å². The maximum absolute atomic E-state index is 13.1. The summed E-state index contributed by atoms with van der Waals surface area (Å²) in [5.74, 6) is 0.729. The molecular weight excluding hydrogens is 395 g/mol. The molecule has 3 rings (SSSR count). The van der Waals surface area contributed by atoms with Crippen molar-refractivity contribution >= 4 is 5.91 Å². The van der Waals surface area contributed by atoms with E-state index in [-0.39, 0.29) is 24.4 Å². The second kappa shape index (κ2) is 10.6. The van der Waals surface area contributed by atoms with Crippen LogP contribution in [-0.4, -0.2) is 38.6 Å². The number of hydrogen-bond acceptors (Lipinski definition) is 4. The predicted octanol–water partition coefficient (Wildman–Crippen LogP) is 4.45. The Bertz CT molecular complexity index is 1010. The lowest BCUT2D eigenvalue weighted by molar-refractivity contribution is 0.0937. The van der Waals surface area contributed by atoms with Crippen molar-refractivity contribution in [2.45, 2.75) is 12.6 Å². The van der Waals surface area contributed by atoms with Gasteiger partial charge in [0.25, 0.3) is 5.91 Å². The minimum atomic E-state index is -0.297. The van der Waals surface area contributed by atoms with Gasteiger partial charge in [0, 0.05) is 12.1 Å². The number of carbonyl (C=O) groups is 1. The van der Waals surface area contributed by atoms with Crippen molar-refractivity contribution in [2.75, 3.05) is 27.7 Å². The smallest absolute Gasteiger partial charge is 0.255 e. The van der Waals surface area contributed by atoms with Crippen LogP contribution in [0.5, 0.6) is 11.5 Å². The van der Waals surface area contributed by atoms with Gasteiger partial charge in [-0.15, -0.1) is 0 Å². The normalized spacial score (nSPS) is 11.8. The Morgan fingerprint density at radius 3 is 2.29 bits per heavy atom. The molecule has 5 nitrogen and oxygen atoms in total. The van der Waals surface area contributed by atoms with Crippen LogP contribution >= 0.6 is 0 Å². The van der Waals surface area contributed by atoms with E-state index in [0.29, 0.717) is 17.9 Å². The van der Waals surface area contributed by atoms with Crippen molar-refractivity contribution in [3.8, 4) is 11.5 Å². The van der Waals surface area contributed by atoms with Crippen molar-refractivity contribution in [1.29, 1.82) is 0 Å². The first-order valence-corrected chi connectivity index (χ1v) is 10.0. The molecule has 0 bridgehead atoms. The zero-order chi connectivity index (χ0) is 22.2. The highest BCUT2D eigenvalue weighted by Crippen LogP contribution is 2.27. The highest BCUT2D eigenvalue weighted by atomic mass is 19.1. The molecule has 0 unspecified atom stereocenters. The van der Waals surface area contributed by atoms with E-state index >= 15 is 0 Å². The monoisotopic (exact) mass is 422 g/mol. The molecule has 0 saturated heterocycles. The van der Waals surface area contributed by atoms with Crippen LogP contribution in [0.2, 0.25) is 0 Å². The third kappa shape index (κ3) is 5.83. The second-order valence-electron chi connectivity index (χ2n) is 7.34. The van der Waals surface area contributed by atoms with Gasteiger partial charge >= 0.3 is 0 Å². The van der Waals surface area contributed by atoms with Crippen molar-refractivity contribution in [1.82, 2.24) is 10.2 Å². The predicted molar refractivity (Wildman–Crippen MR) is 119 cm³/mol. The molecule has 0 aliphatic heterocycles. The molecular formula is C25H27FN2O3. The molecule has 3 aromatic carbocycles. The quantitative estimate of drug-likeness (QED) is 0.554. The fourth-order valence-electron chi connectivity index (χ4n) is 3.32. The van der Waals surface area contributed by atoms with E-state index in [1.54, 1.807) is 37.4 Å². The van der Waals surface area contributed by atoms with E-state index in [4.69, 9.17) is 9.47 Å². The average molecular weight is 423 g/mol. The van der Waals surface area contributed by atoms with Gasteiger partial charge < -0.3 is 19.7 Å². The van der Waals surface area contributed by atoms with Gasteiger partial charge in [-0.25, -0.2) is 4.39 Å². The Kier molecular flexibility index (Phi) is 7.62. The van der Waals surface area contributed by atoms with Crippen LogP contribution in [0, 0.1) is 5.82 Å². The van der Waals surface area contributed by atoms with Gasteiger partial charge in [-0.1, -0.05) is 42.5 Å². The molecule has 0 radical (unpaired) electrons. The van der Waals surface area contributed by atoms with Crippen LogP contribution in [0.1, 0.15) is 27.5 Å². The standard InChI is InChI=1S/C25H27FN2O3/c1-28(2)22(20-8-4-6-10-23(20)30-3)16-27-25(29)21-9-5-7-11-24(21)31-17-18-12-14-19(26)15-13-18/h4-15,22H,16-17H2,1-3H3,(H,27,29)/t22-/m1/s1. The molecule has 1 N–H and O–H groups in total. The average Bonchev–Trinajstić information content (AvgIpc) is 2.79. The van der Waals surface area contributed by atoms with Crippen LogP contribution in [0.15, 0.2) is 72.8 Å². The third-order valence-corrected chi connectivity index (χ3v) is 5.02. The fraction of sp³-hybridized carbons (Fsp3) is 0.240. The van der Waals surface area contributed by atoms with E-state index in [1.165, 1.54) is 12.1 Å². The van der Waals surface area contributed by atoms with Gasteiger partial charge in [-0.2, -0.15) is 0 Å². The summed E-state index contributed by atoms with van der Waals surface area (Å²) in [6.07, 6.45) is 0. The molecule has 6 heteroatoms. The lowest BCUT2D eigenvalue weighted by Gasteiger charge is -2.26. The molecule has 3 aromatic rings. The Labute approximate surface area is 182 Å². The van der Waals surface area contributed by atoms with E-state index < -0.39 is 0 Å². The highest BCUT2D eigenvalue weighted by molar-refractivity contribution is 5.96. The summed E-state index contributed by atoms with van der Waals surface area (Å²) in [6.45, 7) is 0.643. The van der Waals surface area contributed by atoms with E-state index in [9.17, 15) is 9.18 Å². The topological polar surface area (TPSA) is 50.8 Å². The molecule has 0 fully saturated rings. The van der Waals surface area contributed by atoms with Gasteiger partial charge in [-0.05, 0) is 50.0 Å². The third-order valence-electron chi connectivity index (χ3n) is 5.02. The minimum Gasteiger partial charge on any atom is -0.496 e. The van der Waals surface area contributed by atoms with Gasteiger partial charge in [-0.3, -0.25) is 4.79 Å². The molecule has 0 heterocycles. The van der Waals surface area contributed by atoms with Crippen molar-refractivity contribution in [3.63, 3.8) is 0 Å².